The van der Waals surface area contributed by atoms with E-state index < -0.39 is 0 Å². The molecule has 8 nitrogen and oxygen atoms in total. The summed E-state index contributed by atoms with van der Waals surface area (Å²) in [6.45, 7) is 2.51. The fourth-order valence-electron chi connectivity index (χ4n) is 5.10. The summed E-state index contributed by atoms with van der Waals surface area (Å²) in [7, 11) is 1.81. The smallest absolute Gasteiger partial charge is 0.261 e. The fraction of sp³-hybridized carbons (Fsp3) is 0.409. The Hall–Kier alpha value is -3.13. The largest absolute Gasteiger partial charge is 0.396 e. The topological polar surface area (TPSA) is 109 Å². The van der Waals surface area contributed by atoms with E-state index in [2.05, 4.69) is 32.1 Å². The predicted molar refractivity (Wildman–Crippen MR) is 117 cm³/mol. The van der Waals surface area contributed by atoms with Crippen molar-refractivity contribution in [1.82, 2.24) is 29.6 Å². The lowest BCUT2D eigenvalue weighted by Crippen LogP contribution is -2.45. The third-order valence-electron chi connectivity index (χ3n) is 6.88. The lowest BCUT2D eigenvalue weighted by Gasteiger charge is -2.38. The number of nitrogens with one attached hydrogen (secondary N) is 2. The highest BCUT2D eigenvalue weighted by Gasteiger charge is 2.26. The molecule has 2 aliphatic rings. The zero-order valence-electron chi connectivity index (χ0n) is 17.0. The highest BCUT2D eigenvalue weighted by Crippen LogP contribution is 2.31. The van der Waals surface area contributed by atoms with Crippen LogP contribution in [0, 0.1) is 0 Å². The van der Waals surface area contributed by atoms with E-state index in [4.69, 9.17) is 10.7 Å². The Bertz CT molecular complexity index is 1300. The Morgan fingerprint density at radius 2 is 1.87 bits per heavy atom. The first-order valence-electron chi connectivity index (χ1n) is 10.7. The first kappa shape index (κ1) is 17.7. The van der Waals surface area contributed by atoms with Crippen molar-refractivity contribution in [3.05, 3.63) is 39.8 Å². The summed E-state index contributed by atoms with van der Waals surface area (Å²) >= 11 is 0. The number of H-pyrrole nitrogens is 2. The van der Waals surface area contributed by atoms with Crippen molar-refractivity contribution in [3.63, 3.8) is 0 Å². The molecule has 0 amide bonds. The van der Waals surface area contributed by atoms with E-state index in [9.17, 15) is 4.79 Å². The van der Waals surface area contributed by atoms with Crippen molar-refractivity contribution in [3.8, 4) is 11.4 Å². The number of nitrogens with zero attached hydrogens (tertiary/aromatic N) is 4. The van der Waals surface area contributed by atoms with E-state index in [1.54, 1.807) is 10.9 Å². The molecule has 1 aliphatic heterocycles. The number of pyridine rings is 1. The second-order valence-electron chi connectivity index (χ2n) is 8.62. The van der Waals surface area contributed by atoms with Crippen LogP contribution >= 0.6 is 0 Å². The van der Waals surface area contributed by atoms with Crippen molar-refractivity contribution >= 4 is 27.8 Å². The minimum absolute atomic E-state index is 0.258. The van der Waals surface area contributed by atoms with Gasteiger partial charge in [-0.1, -0.05) is 0 Å². The van der Waals surface area contributed by atoms with E-state index in [1.807, 2.05) is 7.05 Å². The van der Waals surface area contributed by atoms with Gasteiger partial charge in [-0.25, -0.2) is 4.98 Å². The summed E-state index contributed by atoms with van der Waals surface area (Å²) < 4.78 is 1.67. The molecule has 1 atom stereocenters. The third-order valence-corrected chi connectivity index (χ3v) is 6.88. The van der Waals surface area contributed by atoms with Gasteiger partial charge in [-0.2, -0.15) is 5.10 Å². The van der Waals surface area contributed by atoms with Gasteiger partial charge < -0.3 is 20.6 Å². The molecule has 1 aromatic carbocycles. The van der Waals surface area contributed by atoms with Crippen LogP contribution < -0.4 is 11.3 Å². The molecule has 1 fully saturated rings. The number of anilines is 1. The van der Waals surface area contributed by atoms with Crippen LogP contribution in [0.1, 0.15) is 30.4 Å². The molecule has 4 N–H and O–H groups in total. The second kappa shape index (κ2) is 6.43. The molecule has 154 valence electrons. The molecule has 1 saturated heterocycles. The van der Waals surface area contributed by atoms with E-state index in [0.29, 0.717) is 34.2 Å². The molecule has 0 spiro atoms. The van der Waals surface area contributed by atoms with Gasteiger partial charge in [0.2, 0.25) is 0 Å². The lowest BCUT2D eigenvalue weighted by atomic mass is 10.0. The SMILES string of the molecule is Cn1ncc2[nH]c(=O)c(-c3nc4cc5c(cc4[nH]3)CCC(N3CCC3)CC5)c(N)c21. The minimum atomic E-state index is -0.258. The van der Waals surface area contributed by atoms with E-state index in [0.717, 1.165) is 23.9 Å². The first-order chi connectivity index (χ1) is 14.6. The highest BCUT2D eigenvalue weighted by atomic mass is 16.1. The van der Waals surface area contributed by atoms with Gasteiger partial charge >= 0.3 is 0 Å². The molecular formula is C22H25N7O. The Kier molecular flexibility index (Phi) is 3.80. The molecule has 0 saturated carbocycles. The summed E-state index contributed by atoms with van der Waals surface area (Å²) in [6.07, 6.45) is 7.54. The van der Waals surface area contributed by atoms with Gasteiger partial charge in [0, 0.05) is 13.1 Å². The molecule has 8 heteroatoms. The maximum absolute atomic E-state index is 12.7. The maximum atomic E-state index is 12.7. The minimum Gasteiger partial charge on any atom is -0.396 e. The van der Waals surface area contributed by atoms with Crippen molar-refractivity contribution in [2.24, 2.45) is 7.05 Å². The first-order valence-corrected chi connectivity index (χ1v) is 10.7. The number of aryl methyl sites for hydroxylation is 3. The number of benzene rings is 1. The van der Waals surface area contributed by atoms with Gasteiger partial charge in [0.1, 0.15) is 16.9 Å². The molecule has 6 rings (SSSR count). The lowest BCUT2D eigenvalue weighted by molar-refractivity contribution is 0.107. The molecule has 1 unspecified atom stereocenters. The van der Waals surface area contributed by atoms with Gasteiger partial charge in [-0.3, -0.25) is 9.48 Å². The molecule has 4 heterocycles. The molecular weight excluding hydrogens is 378 g/mol. The van der Waals surface area contributed by atoms with Crippen LogP contribution in [0.15, 0.2) is 23.1 Å². The van der Waals surface area contributed by atoms with Crippen molar-refractivity contribution in [1.29, 1.82) is 0 Å². The van der Waals surface area contributed by atoms with Crippen LogP contribution in [0.25, 0.3) is 33.5 Å². The normalized spacial score (nSPS) is 17.9. The molecule has 1 aliphatic carbocycles. The summed E-state index contributed by atoms with van der Waals surface area (Å²) in [6, 6.07) is 5.11. The monoisotopic (exact) mass is 403 g/mol. The number of rotatable bonds is 2. The Morgan fingerprint density at radius 3 is 2.60 bits per heavy atom. The van der Waals surface area contributed by atoms with Gasteiger partial charge in [0.25, 0.3) is 5.56 Å². The average Bonchev–Trinajstić information content (AvgIpc) is 3.18. The number of imidazole rings is 1. The summed E-state index contributed by atoms with van der Waals surface area (Å²) in [5.41, 5.74) is 12.8. The molecule has 0 bridgehead atoms. The van der Waals surface area contributed by atoms with Gasteiger partial charge in [-0.05, 0) is 68.5 Å². The number of nitrogen functional groups attached to an aromatic ring is 1. The summed E-state index contributed by atoms with van der Waals surface area (Å²) in [4.78, 5) is 26.3. The average molecular weight is 403 g/mol. The maximum Gasteiger partial charge on any atom is 0.261 e. The van der Waals surface area contributed by atoms with Crippen molar-refractivity contribution in [2.75, 3.05) is 18.8 Å². The zero-order chi connectivity index (χ0) is 20.4. The molecule has 0 radical (unpaired) electrons. The number of nitrogens with two attached hydrogens (primary N) is 1. The van der Waals surface area contributed by atoms with Crippen LogP contribution in [0.4, 0.5) is 5.69 Å². The van der Waals surface area contributed by atoms with Crippen molar-refractivity contribution < 1.29 is 0 Å². The number of hydrogen-bond acceptors (Lipinski definition) is 5. The highest BCUT2D eigenvalue weighted by molar-refractivity contribution is 5.95. The third kappa shape index (κ3) is 2.60. The standard InChI is InChI=1S/C22H25N7O/c1-28-20-17(11-24-28)27-22(30)18(19(20)23)21-25-15-9-12-3-5-14(29-7-2-8-29)6-4-13(12)10-16(15)26-21/h9-11,14H,2-8H2,1H3,(H,25,26)(H3,23,27,30). The van der Waals surface area contributed by atoms with Gasteiger partial charge in [-0.15, -0.1) is 0 Å². The Labute approximate surface area is 173 Å². The second-order valence-corrected chi connectivity index (χ2v) is 8.62. The van der Waals surface area contributed by atoms with Crippen LogP contribution in [0.3, 0.4) is 0 Å². The number of aromatic amines is 2. The zero-order valence-corrected chi connectivity index (χ0v) is 17.0. The number of likely N-dealkylation sites (tertiary alicyclic amines) is 1. The van der Waals surface area contributed by atoms with Gasteiger partial charge in [0.15, 0.2) is 0 Å². The van der Waals surface area contributed by atoms with E-state index in [1.165, 1.54) is 43.5 Å². The number of hydrogen-bond donors (Lipinski definition) is 3. The van der Waals surface area contributed by atoms with Crippen molar-refractivity contribution in [2.45, 2.75) is 38.1 Å². The Morgan fingerprint density at radius 1 is 1.10 bits per heavy atom. The van der Waals surface area contributed by atoms with Crippen LogP contribution in [0.2, 0.25) is 0 Å². The Balaban J connectivity index is 1.42. The predicted octanol–water partition coefficient (Wildman–Crippen LogP) is 2.34. The quantitative estimate of drug-likeness (QED) is 0.445. The van der Waals surface area contributed by atoms with Crippen LogP contribution in [-0.2, 0) is 19.9 Å². The van der Waals surface area contributed by atoms with Gasteiger partial charge in [0.05, 0.1) is 28.4 Å². The molecule has 4 aromatic rings. The number of aromatic nitrogens is 5. The molecule has 3 aromatic heterocycles. The number of fused-ring (bicyclic) bond motifs is 3. The van der Waals surface area contributed by atoms with E-state index in [-0.39, 0.29) is 5.56 Å². The molecule has 30 heavy (non-hydrogen) atoms. The summed E-state index contributed by atoms with van der Waals surface area (Å²) in [5, 5.41) is 4.20. The fourth-order valence-corrected chi connectivity index (χ4v) is 5.10. The van der Waals surface area contributed by atoms with Crippen LogP contribution in [-0.4, -0.2) is 48.8 Å². The van der Waals surface area contributed by atoms with E-state index >= 15 is 0 Å². The summed E-state index contributed by atoms with van der Waals surface area (Å²) in [5.74, 6) is 0.505. The van der Waals surface area contributed by atoms with Crippen LogP contribution in [0.5, 0.6) is 0 Å².